The molecule has 0 aliphatic heterocycles. The highest BCUT2D eigenvalue weighted by Crippen LogP contribution is 2.40. The molecule has 2 aromatic rings. The van der Waals surface area contributed by atoms with Crippen LogP contribution in [-0.4, -0.2) is 10.2 Å². The fourth-order valence-corrected chi connectivity index (χ4v) is 3.02. The third-order valence-corrected chi connectivity index (χ3v) is 4.96. The zero-order chi connectivity index (χ0) is 17.3. The lowest BCUT2D eigenvalue weighted by Crippen LogP contribution is -2.24. The first-order valence-corrected chi connectivity index (χ1v) is 8.28. The maximum Gasteiger partial charge on any atom is 0.122 e. The monoisotopic (exact) mass is 332 g/mol. The zero-order valence-electron chi connectivity index (χ0n) is 14.2. The average Bonchev–Trinajstić information content (AvgIpc) is 2.45. The molecule has 0 heterocycles. The number of aromatic hydroxyl groups is 2. The summed E-state index contributed by atoms with van der Waals surface area (Å²) in [5.41, 5.74) is 1.96. The third-order valence-electron chi connectivity index (χ3n) is 4.71. The molecule has 0 aliphatic rings. The van der Waals surface area contributed by atoms with Crippen LogP contribution in [0, 0.1) is 0 Å². The van der Waals surface area contributed by atoms with Crippen molar-refractivity contribution in [3.8, 4) is 11.5 Å². The van der Waals surface area contributed by atoms with E-state index in [1.807, 2.05) is 12.1 Å². The first kappa shape index (κ1) is 17.7. The van der Waals surface area contributed by atoms with Gasteiger partial charge in [-0.2, -0.15) is 0 Å². The van der Waals surface area contributed by atoms with Crippen LogP contribution in [-0.2, 0) is 10.8 Å². The van der Waals surface area contributed by atoms with E-state index in [4.69, 9.17) is 11.6 Å². The van der Waals surface area contributed by atoms with E-state index in [1.54, 1.807) is 12.1 Å². The Morgan fingerprint density at radius 1 is 0.826 bits per heavy atom. The van der Waals surface area contributed by atoms with Gasteiger partial charge in [-0.25, -0.2) is 0 Å². The molecule has 2 N–H and O–H groups in total. The van der Waals surface area contributed by atoms with Gasteiger partial charge in [-0.05, 0) is 53.0 Å². The summed E-state index contributed by atoms with van der Waals surface area (Å²) >= 11 is 5.97. The summed E-state index contributed by atoms with van der Waals surface area (Å²) in [6.45, 7) is 8.69. The highest BCUT2D eigenvalue weighted by Gasteiger charge is 2.28. The van der Waals surface area contributed by atoms with Crippen molar-refractivity contribution in [2.45, 2.75) is 51.4 Å². The van der Waals surface area contributed by atoms with Crippen LogP contribution in [0.3, 0.4) is 0 Å². The smallest absolute Gasteiger partial charge is 0.122 e. The number of benzene rings is 2. The predicted octanol–water partition coefficient (Wildman–Crippen LogP) is 5.79. The number of phenols is 2. The molecule has 0 unspecified atom stereocenters. The molecule has 0 saturated heterocycles. The van der Waals surface area contributed by atoms with Gasteiger partial charge in [0.05, 0.1) is 0 Å². The van der Waals surface area contributed by atoms with Crippen LogP contribution in [0.5, 0.6) is 11.5 Å². The molecule has 0 aliphatic carbocycles. The SMILES string of the molecule is CC(C)(CCC(C)(C)c1ccc(O)cc1O)c1ccc(Cl)cc1. The Hall–Kier alpha value is -1.67. The van der Waals surface area contributed by atoms with Gasteiger partial charge in [-0.15, -0.1) is 0 Å². The molecule has 0 radical (unpaired) electrons. The minimum atomic E-state index is -0.179. The summed E-state index contributed by atoms with van der Waals surface area (Å²) in [6.07, 6.45) is 1.89. The molecule has 3 heteroatoms. The first-order chi connectivity index (χ1) is 10.6. The molecule has 0 amide bonds. The van der Waals surface area contributed by atoms with Gasteiger partial charge < -0.3 is 10.2 Å². The predicted molar refractivity (Wildman–Crippen MR) is 96.5 cm³/mol. The van der Waals surface area contributed by atoms with Gasteiger partial charge >= 0.3 is 0 Å². The third kappa shape index (κ3) is 4.20. The Kier molecular flexibility index (Phi) is 4.95. The van der Waals surface area contributed by atoms with Crippen molar-refractivity contribution >= 4 is 11.6 Å². The van der Waals surface area contributed by atoms with E-state index in [9.17, 15) is 10.2 Å². The van der Waals surface area contributed by atoms with E-state index in [2.05, 4.69) is 39.8 Å². The standard InChI is InChI=1S/C20H25ClO2/c1-19(2,14-5-7-15(21)8-6-14)11-12-20(3,4)17-10-9-16(22)13-18(17)23/h5-10,13,22-23H,11-12H2,1-4H3. The van der Waals surface area contributed by atoms with Gasteiger partial charge in [0.15, 0.2) is 0 Å². The lowest BCUT2D eigenvalue weighted by Gasteiger charge is -2.32. The molecule has 0 spiro atoms. The minimum absolute atomic E-state index is 0.0222. The largest absolute Gasteiger partial charge is 0.508 e. The van der Waals surface area contributed by atoms with Crippen LogP contribution in [0.2, 0.25) is 5.02 Å². The fourth-order valence-electron chi connectivity index (χ4n) is 2.90. The van der Waals surface area contributed by atoms with Gasteiger partial charge in [0, 0.05) is 11.1 Å². The molecule has 0 aromatic heterocycles. The molecule has 0 atom stereocenters. The van der Waals surface area contributed by atoms with Crippen LogP contribution in [0.1, 0.15) is 51.7 Å². The van der Waals surface area contributed by atoms with E-state index in [0.29, 0.717) is 0 Å². The van der Waals surface area contributed by atoms with Crippen molar-refractivity contribution in [1.82, 2.24) is 0 Å². The number of phenolic OH excluding ortho intramolecular Hbond substituents is 2. The number of halogens is 1. The van der Waals surface area contributed by atoms with Crippen molar-refractivity contribution in [3.63, 3.8) is 0 Å². The van der Waals surface area contributed by atoms with Crippen LogP contribution >= 0.6 is 11.6 Å². The van der Waals surface area contributed by atoms with E-state index < -0.39 is 0 Å². The van der Waals surface area contributed by atoms with E-state index in [1.165, 1.54) is 11.6 Å². The number of hydrogen-bond donors (Lipinski definition) is 2. The highest BCUT2D eigenvalue weighted by molar-refractivity contribution is 6.30. The normalized spacial score (nSPS) is 12.4. The molecule has 23 heavy (non-hydrogen) atoms. The summed E-state index contributed by atoms with van der Waals surface area (Å²) < 4.78 is 0. The second kappa shape index (κ2) is 6.45. The van der Waals surface area contributed by atoms with Crippen LogP contribution in [0.25, 0.3) is 0 Å². The van der Waals surface area contributed by atoms with Crippen molar-refractivity contribution in [3.05, 3.63) is 58.6 Å². The zero-order valence-corrected chi connectivity index (χ0v) is 15.0. The van der Waals surface area contributed by atoms with Gasteiger partial charge in [0.1, 0.15) is 11.5 Å². The second-order valence-electron chi connectivity index (χ2n) is 7.48. The summed E-state index contributed by atoms with van der Waals surface area (Å²) in [7, 11) is 0. The summed E-state index contributed by atoms with van der Waals surface area (Å²) in [4.78, 5) is 0. The highest BCUT2D eigenvalue weighted by atomic mass is 35.5. The second-order valence-corrected chi connectivity index (χ2v) is 7.91. The maximum atomic E-state index is 10.1. The summed E-state index contributed by atoms with van der Waals surface area (Å²) in [6, 6.07) is 12.8. The van der Waals surface area contributed by atoms with Gasteiger partial charge in [-0.1, -0.05) is 57.5 Å². The van der Waals surface area contributed by atoms with Gasteiger partial charge in [0.25, 0.3) is 0 Å². The number of rotatable bonds is 5. The topological polar surface area (TPSA) is 40.5 Å². The summed E-state index contributed by atoms with van der Waals surface area (Å²) in [5, 5.41) is 20.3. The molecule has 0 fully saturated rings. The Labute approximate surface area is 143 Å². The first-order valence-electron chi connectivity index (χ1n) is 7.90. The molecule has 2 aromatic carbocycles. The Bertz CT molecular complexity index is 673. The summed E-state index contributed by atoms with van der Waals surface area (Å²) in [5.74, 6) is 0.239. The van der Waals surface area contributed by atoms with E-state index in [-0.39, 0.29) is 22.3 Å². The lowest BCUT2D eigenvalue weighted by atomic mass is 9.72. The van der Waals surface area contributed by atoms with Crippen LogP contribution in [0.4, 0.5) is 0 Å². The van der Waals surface area contributed by atoms with Crippen molar-refractivity contribution in [2.24, 2.45) is 0 Å². The minimum Gasteiger partial charge on any atom is -0.508 e. The van der Waals surface area contributed by atoms with Crippen molar-refractivity contribution < 1.29 is 10.2 Å². The van der Waals surface area contributed by atoms with Gasteiger partial charge in [-0.3, -0.25) is 0 Å². The van der Waals surface area contributed by atoms with E-state index in [0.717, 1.165) is 23.4 Å². The fraction of sp³-hybridized carbons (Fsp3) is 0.400. The maximum absolute atomic E-state index is 10.1. The molecule has 2 nitrogen and oxygen atoms in total. The molecular weight excluding hydrogens is 308 g/mol. The van der Waals surface area contributed by atoms with Crippen LogP contribution in [0.15, 0.2) is 42.5 Å². The molecule has 0 saturated carbocycles. The Morgan fingerprint density at radius 3 is 1.96 bits per heavy atom. The van der Waals surface area contributed by atoms with Crippen molar-refractivity contribution in [2.75, 3.05) is 0 Å². The van der Waals surface area contributed by atoms with Crippen molar-refractivity contribution in [1.29, 1.82) is 0 Å². The van der Waals surface area contributed by atoms with Crippen LogP contribution < -0.4 is 0 Å². The van der Waals surface area contributed by atoms with Gasteiger partial charge in [0.2, 0.25) is 0 Å². The Morgan fingerprint density at radius 2 is 1.39 bits per heavy atom. The molecule has 0 bridgehead atoms. The average molecular weight is 333 g/mol. The molecule has 124 valence electrons. The molecular formula is C20H25ClO2. The lowest BCUT2D eigenvalue weighted by molar-refractivity contribution is 0.360. The Balaban J connectivity index is 2.15. The van der Waals surface area contributed by atoms with E-state index >= 15 is 0 Å². The number of hydrogen-bond acceptors (Lipinski definition) is 2. The molecule has 2 rings (SSSR count). The quantitative estimate of drug-likeness (QED) is 0.727.